The highest BCUT2D eigenvalue weighted by Gasteiger charge is 2.13. The van der Waals surface area contributed by atoms with Gasteiger partial charge in [-0.15, -0.1) is 0 Å². The number of aryl methyl sites for hydroxylation is 1. The van der Waals surface area contributed by atoms with Gasteiger partial charge in [-0.25, -0.2) is 8.42 Å². The number of anilines is 1. The molecule has 0 aliphatic heterocycles. The Kier molecular flexibility index (Phi) is 4.42. The molecule has 0 amide bonds. The first kappa shape index (κ1) is 14.6. The van der Waals surface area contributed by atoms with E-state index in [-0.39, 0.29) is 5.75 Å². The van der Waals surface area contributed by atoms with Crippen molar-refractivity contribution in [1.29, 1.82) is 0 Å². The molecule has 20 heavy (non-hydrogen) atoms. The average molecular weight is 290 g/mol. The van der Waals surface area contributed by atoms with E-state index in [1.165, 1.54) is 0 Å². The third-order valence-electron chi connectivity index (χ3n) is 3.01. The van der Waals surface area contributed by atoms with Gasteiger partial charge in [-0.05, 0) is 30.2 Å². The maximum atomic E-state index is 12.2. The molecule has 2 aromatic rings. The van der Waals surface area contributed by atoms with E-state index in [0.29, 0.717) is 12.2 Å². The Bertz CT molecular complexity index is 679. The van der Waals surface area contributed by atoms with Crippen LogP contribution in [0.15, 0.2) is 48.5 Å². The van der Waals surface area contributed by atoms with Crippen molar-refractivity contribution < 1.29 is 8.42 Å². The summed E-state index contributed by atoms with van der Waals surface area (Å²) in [4.78, 5) is 0. The van der Waals surface area contributed by atoms with Crippen molar-refractivity contribution in [1.82, 2.24) is 0 Å². The van der Waals surface area contributed by atoms with Crippen LogP contribution in [-0.4, -0.2) is 8.42 Å². The molecule has 0 radical (unpaired) electrons. The van der Waals surface area contributed by atoms with Gasteiger partial charge in [0.15, 0.2) is 0 Å². The monoisotopic (exact) mass is 290 g/mol. The smallest absolute Gasteiger partial charge is 0.236 e. The lowest BCUT2D eigenvalue weighted by molar-refractivity contribution is 0.600. The fraction of sp³-hybridized carbons (Fsp3) is 0.200. The minimum absolute atomic E-state index is 0.0751. The zero-order valence-corrected chi connectivity index (χ0v) is 12.2. The average Bonchev–Trinajstić information content (AvgIpc) is 2.41. The second kappa shape index (κ2) is 6.07. The van der Waals surface area contributed by atoms with Crippen LogP contribution in [0.5, 0.6) is 0 Å². The molecule has 0 bridgehead atoms. The lowest BCUT2D eigenvalue weighted by Crippen LogP contribution is -2.16. The molecule has 2 rings (SSSR count). The van der Waals surface area contributed by atoms with Crippen LogP contribution in [0.1, 0.15) is 16.7 Å². The van der Waals surface area contributed by atoms with Crippen molar-refractivity contribution in [2.45, 2.75) is 19.2 Å². The predicted molar refractivity (Wildman–Crippen MR) is 81.8 cm³/mol. The highest BCUT2D eigenvalue weighted by Crippen LogP contribution is 2.16. The third kappa shape index (κ3) is 3.82. The van der Waals surface area contributed by atoms with E-state index in [9.17, 15) is 8.42 Å². The van der Waals surface area contributed by atoms with Gasteiger partial charge < -0.3 is 5.73 Å². The third-order valence-corrected chi connectivity index (χ3v) is 4.25. The van der Waals surface area contributed by atoms with Gasteiger partial charge in [-0.2, -0.15) is 0 Å². The highest BCUT2D eigenvalue weighted by molar-refractivity contribution is 7.91. The van der Waals surface area contributed by atoms with Gasteiger partial charge in [0.1, 0.15) is 0 Å². The molecule has 3 N–H and O–H groups in total. The first-order valence-corrected chi connectivity index (χ1v) is 7.99. The minimum Gasteiger partial charge on any atom is -0.326 e. The maximum absolute atomic E-state index is 12.2. The number of nitrogens with one attached hydrogen (secondary N) is 1. The fourth-order valence-electron chi connectivity index (χ4n) is 1.94. The van der Waals surface area contributed by atoms with Crippen molar-refractivity contribution in [2.75, 3.05) is 4.72 Å². The Morgan fingerprint density at radius 1 is 1.00 bits per heavy atom. The summed E-state index contributed by atoms with van der Waals surface area (Å²) in [6.45, 7) is 2.28. The number of hydrogen-bond donors (Lipinski definition) is 2. The second-order valence-electron chi connectivity index (χ2n) is 4.70. The van der Waals surface area contributed by atoms with Crippen molar-refractivity contribution in [3.63, 3.8) is 0 Å². The Morgan fingerprint density at radius 2 is 1.60 bits per heavy atom. The van der Waals surface area contributed by atoms with Gasteiger partial charge in [0, 0.05) is 12.2 Å². The van der Waals surface area contributed by atoms with E-state index in [4.69, 9.17) is 5.73 Å². The molecule has 0 heterocycles. The van der Waals surface area contributed by atoms with E-state index in [1.807, 2.05) is 37.3 Å². The molecule has 5 heteroatoms. The Morgan fingerprint density at radius 3 is 2.20 bits per heavy atom. The number of nitrogens with two attached hydrogens (primary N) is 1. The fourth-order valence-corrected chi connectivity index (χ4v) is 3.20. The Balaban J connectivity index is 2.17. The van der Waals surface area contributed by atoms with Gasteiger partial charge in [-0.1, -0.05) is 42.0 Å². The normalized spacial score (nSPS) is 11.3. The summed E-state index contributed by atoms with van der Waals surface area (Å²) in [6, 6.07) is 14.5. The minimum atomic E-state index is -3.44. The molecule has 0 fully saturated rings. The van der Waals surface area contributed by atoms with Crippen LogP contribution in [0, 0.1) is 6.92 Å². The molecule has 0 saturated carbocycles. The van der Waals surface area contributed by atoms with Crippen molar-refractivity contribution in [3.05, 3.63) is 65.2 Å². The van der Waals surface area contributed by atoms with Gasteiger partial charge in [0.25, 0.3) is 0 Å². The molecule has 0 saturated heterocycles. The molecule has 0 spiro atoms. The van der Waals surface area contributed by atoms with Crippen LogP contribution >= 0.6 is 0 Å². The van der Waals surface area contributed by atoms with Gasteiger partial charge in [0.2, 0.25) is 10.0 Å². The molecule has 0 atom stereocenters. The zero-order valence-electron chi connectivity index (χ0n) is 11.3. The van der Waals surface area contributed by atoms with Crippen molar-refractivity contribution in [2.24, 2.45) is 5.73 Å². The molecular weight excluding hydrogens is 272 g/mol. The predicted octanol–water partition coefficient (Wildman–Crippen LogP) is 2.40. The van der Waals surface area contributed by atoms with Gasteiger partial charge in [-0.3, -0.25) is 4.72 Å². The van der Waals surface area contributed by atoms with Crippen LogP contribution in [0.2, 0.25) is 0 Å². The number of hydrogen-bond acceptors (Lipinski definition) is 3. The summed E-state index contributed by atoms with van der Waals surface area (Å²) in [6.07, 6.45) is 0. The van der Waals surface area contributed by atoms with E-state index >= 15 is 0 Å². The molecule has 2 aromatic carbocycles. The van der Waals surface area contributed by atoms with E-state index in [2.05, 4.69) is 4.72 Å². The SMILES string of the molecule is Cc1ccc(NS(=O)(=O)Cc2ccccc2CN)cc1. The zero-order chi connectivity index (χ0) is 14.6. The van der Waals surface area contributed by atoms with E-state index in [1.54, 1.807) is 18.2 Å². The molecular formula is C15H18N2O2S. The van der Waals surface area contributed by atoms with E-state index in [0.717, 1.165) is 16.7 Å². The maximum Gasteiger partial charge on any atom is 0.236 e. The first-order chi connectivity index (χ1) is 9.50. The summed E-state index contributed by atoms with van der Waals surface area (Å²) >= 11 is 0. The summed E-state index contributed by atoms with van der Waals surface area (Å²) < 4.78 is 26.9. The lowest BCUT2D eigenvalue weighted by Gasteiger charge is -2.11. The number of benzene rings is 2. The number of sulfonamides is 1. The topological polar surface area (TPSA) is 72.2 Å². The van der Waals surface area contributed by atoms with Crippen molar-refractivity contribution in [3.8, 4) is 0 Å². The molecule has 0 aromatic heterocycles. The Hall–Kier alpha value is -1.85. The quantitative estimate of drug-likeness (QED) is 0.888. The summed E-state index contributed by atoms with van der Waals surface area (Å²) in [5, 5.41) is 0. The van der Waals surface area contributed by atoms with Gasteiger partial charge in [0.05, 0.1) is 5.75 Å². The molecule has 0 unspecified atom stereocenters. The van der Waals surface area contributed by atoms with Crippen LogP contribution in [0.4, 0.5) is 5.69 Å². The van der Waals surface area contributed by atoms with Gasteiger partial charge >= 0.3 is 0 Å². The molecule has 0 aliphatic carbocycles. The van der Waals surface area contributed by atoms with Crippen LogP contribution in [0.25, 0.3) is 0 Å². The highest BCUT2D eigenvalue weighted by atomic mass is 32.2. The van der Waals surface area contributed by atoms with E-state index < -0.39 is 10.0 Å². The standard InChI is InChI=1S/C15H18N2O2S/c1-12-6-8-15(9-7-12)17-20(18,19)11-14-5-3-2-4-13(14)10-16/h2-9,17H,10-11,16H2,1H3. The molecule has 4 nitrogen and oxygen atoms in total. The molecule has 0 aliphatic rings. The summed E-state index contributed by atoms with van der Waals surface area (Å²) in [5.74, 6) is -0.0751. The van der Waals surface area contributed by atoms with Crippen LogP contribution in [0.3, 0.4) is 0 Å². The Labute approximate surface area is 119 Å². The second-order valence-corrected chi connectivity index (χ2v) is 6.42. The van der Waals surface area contributed by atoms with Crippen molar-refractivity contribution >= 4 is 15.7 Å². The largest absolute Gasteiger partial charge is 0.326 e. The lowest BCUT2D eigenvalue weighted by atomic mass is 10.1. The van der Waals surface area contributed by atoms with Crippen LogP contribution < -0.4 is 10.5 Å². The number of rotatable bonds is 5. The summed E-state index contributed by atoms with van der Waals surface area (Å²) in [7, 11) is -3.44. The summed E-state index contributed by atoms with van der Waals surface area (Å²) in [5.41, 5.74) is 8.86. The first-order valence-electron chi connectivity index (χ1n) is 6.34. The molecule has 106 valence electrons. The van der Waals surface area contributed by atoms with Crippen LogP contribution in [-0.2, 0) is 22.3 Å².